The van der Waals surface area contributed by atoms with Gasteiger partial charge < -0.3 is 4.74 Å². The van der Waals surface area contributed by atoms with Gasteiger partial charge in [0.25, 0.3) is 5.91 Å². The predicted octanol–water partition coefficient (Wildman–Crippen LogP) is 3.73. The fraction of sp³-hybridized carbons (Fsp3) is 0.235. The van der Waals surface area contributed by atoms with Crippen LogP contribution in [0.1, 0.15) is 15.9 Å². The summed E-state index contributed by atoms with van der Waals surface area (Å²) in [5.74, 6) is -2.67. The van der Waals surface area contributed by atoms with Crippen molar-refractivity contribution >= 4 is 15.9 Å². The van der Waals surface area contributed by atoms with Gasteiger partial charge in [-0.2, -0.15) is 17.6 Å². The van der Waals surface area contributed by atoms with E-state index in [1.165, 1.54) is 19.1 Å². The molecule has 2 aromatic rings. The number of hydrogen-bond donors (Lipinski definition) is 1. The number of alkyl halides is 4. The van der Waals surface area contributed by atoms with Crippen molar-refractivity contribution in [2.45, 2.75) is 19.5 Å². The zero-order valence-electron chi connectivity index (χ0n) is 14.5. The molecule has 28 heavy (non-hydrogen) atoms. The third-order valence-corrected chi connectivity index (χ3v) is 4.07. The van der Waals surface area contributed by atoms with E-state index in [0.29, 0.717) is 11.1 Å². The Morgan fingerprint density at radius 1 is 1.14 bits per heavy atom. The summed E-state index contributed by atoms with van der Waals surface area (Å²) in [6.07, 6.45) is -7.92. The molecule has 11 heteroatoms. The predicted molar refractivity (Wildman–Crippen MR) is 90.5 cm³/mol. The Morgan fingerprint density at radius 3 is 2.21 bits per heavy atom. The zero-order valence-corrected chi connectivity index (χ0v) is 15.3. The van der Waals surface area contributed by atoms with E-state index in [9.17, 15) is 35.2 Å². The van der Waals surface area contributed by atoms with Crippen molar-refractivity contribution in [3.05, 3.63) is 53.3 Å². The second kappa shape index (κ2) is 7.74. The largest absolute Gasteiger partial charge is 0.461 e. The van der Waals surface area contributed by atoms with Crippen LogP contribution in [0.3, 0.4) is 0 Å². The van der Waals surface area contributed by atoms with Crippen LogP contribution in [0.25, 0.3) is 11.1 Å². The van der Waals surface area contributed by atoms with E-state index in [4.69, 9.17) is 0 Å². The Kier molecular flexibility index (Phi) is 5.97. The maximum atomic E-state index is 14.3. The van der Waals surface area contributed by atoms with Crippen LogP contribution >= 0.6 is 0 Å². The van der Waals surface area contributed by atoms with Crippen molar-refractivity contribution in [1.29, 1.82) is 0 Å². The second-order valence-corrected chi connectivity index (χ2v) is 7.59. The van der Waals surface area contributed by atoms with E-state index in [-0.39, 0.29) is 5.56 Å². The summed E-state index contributed by atoms with van der Waals surface area (Å²) in [5, 5.41) is 0. The number of ether oxygens (including phenoxy) is 1. The summed E-state index contributed by atoms with van der Waals surface area (Å²) >= 11 is 0. The van der Waals surface area contributed by atoms with Gasteiger partial charge in [0.1, 0.15) is 11.6 Å². The van der Waals surface area contributed by atoms with Gasteiger partial charge >= 0.3 is 12.5 Å². The molecule has 0 fully saturated rings. The minimum absolute atomic E-state index is 0.278. The number of amides is 1. The van der Waals surface area contributed by atoms with E-state index < -0.39 is 45.6 Å². The number of benzene rings is 2. The maximum absolute atomic E-state index is 14.3. The second-order valence-electron chi connectivity index (χ2n) is 5.84. The average molecular weight is 423 g/mol. The van der Waals surface area contributed by atoms with Gasteiger partial charge in [-0.3, -0.25) is 4.79 Å². The van der Waals surface area contributed by atoms with Gasteiger partial charge in [-0.1, -0.05) is 12.1 Å². The molecule has 0 saturated carbocycles. The molecule has 0 aliphatic carbocycles. The third-order valence-electron chi connectivity index (χ3n) is 3.51. The van der Waals surface area contributed by atoms with Crippen LogP contribution in [0, 0.1) is 12.7 Å². The summed E-state index contributed by atoms with van der Waals surface area (Å²) in [5.41, 5.74) is 0.495. The number of hydrogen-bond acceptors (Lipinski definition) is 4. The summed E-state index contributed by atoms with van der Waals surface area (Å²) < 4.78 is 92.2. The summed E-state index contributed by atoms with van der Waals surface area (Å²) in [7, 11) is -3.88. The Balaban J connectivity index is 2.31. The van der Waals surface area contributed by atoms with Crippen molar-refractivity contribution in [3.8, 4) is 16.9 Å². The lowest BCUT2D eigenvalue weighted by molar-refractivity contribution is -0.253. The smallest absolute Gasteiger partial charge is 0.428 e. The SMILES string of the molecule is Cc1cc(C(=O)NS(C)(=O)=O)c(F)cc1-c1ccc(OC(F)(F)C(F)F)cc1. The van der Waals surface area contributed by atoms with E-state index >= 15 is 0 Å². The molecule has 0 atom stereocenters. The quantitative estimate of drug-likeness (QED) is 0.719. The molecule has 0 aliphatic rings. The fourth-order valence-electron chi connectivity index (χ4n) is 2.29. The number of nitrogens with one attached hydrogen (secondary N) is 1. The van der Waals surface area contributed by atoms with Gasteiger partial charge in [0.05, 0.1) is 11.8 Å². The van der Waals surface area contributed by atoms with E-state index in [1.54, 1.807) is 4.72 Å². The first kappa shape index (κ1) is 21.6. The highest BCUT2D eigenvalue weighted by Crippen LogP contribution is 2.31. The van der Waals surface area contributed by atoms with Gasteiger partial charge in [-0.15, -0.1) is 0 Å². The molecule has 1 amide bonds. The van der Waals surface area contributed by atoms with Crippen LogP contribution < -0.4 is 9.46 Å². The Bertz CT molecular complexity index is 991. The first-order valence-corrected chi connectivity index (χ1v) is 9.47. The third kappa shape index (κ3) is 5.18. The Morgan fingerprint density at radius 2 is 1.71 bits per heavy atom. The van der Waals surface area contributed by atoms with Crippen molar-refractivity contribution in [1.82, 2.24) is 4.72 Å². The first-order chi connectivity index (χ1) is 12.8. The van der Waals surface area contributed by atoms with Crippen molar-refractivity contribution in [2.24, 2.45) is 0 Å². The lowest BCUT2D eigenvalue weighted by atomic mass is 9.97. The van der Waals surface area contributed by atoms with E-state index in [0.717, 1.165) is 30.5 Å². The van der Waals surface area contributed by atoms with Gasteiger partial charge in [0.2, 0.25) is 10.0 Å². The number of carbonyl (C=O) groups is 1. The molecule has 0 radical (unpaired) electrons. The molecule has 2 rings (SSSR count). The van der Waals surface area contributed by atoms with Crippen molar-refractivity contribution in [3.63, 3.8) is 0 Å². The molecule has 1 N–H and O–H groups in total. The molecular weight excluding hydrogens is 409 g/mol. The molecule has 0 aliphatic heterocycles. The van der Waals surface area contributed by atoms with Crippen LogP contribution in [-0.2, 0) is 10.0 Å². The number of carbonyl (C=O) groups excluding carboxylic acids is 1. The molecule has 0 aromatic heterocycles. The molecular formula is C17H14F5NO4S. The lowest BCUT2D eigenvalue weighted by Crippen LogP contribution is -2.33. The molecule has 5 nitrogen and oxygen atoms in total. The van der Waals surface area contributed by atoms with E-state index in [1.807, 2.05) is 0 Å². The molecule has 0 bridgehead atoms. The number of rotatable bonds is 6. The highest BCUT2D eigenvalue weighted by molar-refractivity contribution is 7.89. The van der Waals surface area contributed by atoms with Gasteiger partial charge in [-0.25, -0.2) is 17.5 Å². The van der Waals surface area contributed by atoms with Crippen molar-refractivity contribution in [2.75, 3.05) is 6.26 Å². The lowest BCUT2D eigenvalue weighted by Gasteiger charge is -2.17. The zero-order chi connectivity index (χ0) is 21.3. The van der Waals surface area contributed by atoms with Crippen LogP contribution in [0.5, 0.6) is 5.75 Å². The first-order valence-electron chi connectivity index (χ1n) is 7.58. The highest BCUT2D eigenvalue weighted by Gasteiger charge is 2.43. The van der Waals surface area contributed by atoms with Gasteiger partial charge in [0, 0.05) is 0 Å². The summed E-state index contributed by atoms with van der Waals surface area (Å²) in [4.78, 5) is 11.8. The monoisotopic (exact) mass is 423 g/mol. The average Bonchev–Trinajstić information content (AvgIpc) is 2.55. The normalized spacial score (nSPS) is 12.1. The number of halogens is 5. The van der Waals surface area contributed by atoms with Crippen LogP contribution in [0.15, 0.2) is 36.4 Å². The molecule has 0 spiro atoms. The minimum atomic E-state index is -4.65. The number of aryl methyl sites for hydroxylation is 1. The molecule has 0 saturated heterocycles. The summed E-state index contributed by atoms with van der Waals surface area (Å²) in [6, 6.07) is 6.60. The highest BCUT2D eigenvalue weighted by atomic mass is 32.2. The molecule has 152 valence electrons. The molecule has 0 heterocycles. The van der Waals surface area contributed by atoms with Gasteiger partial charge in [0.15, 0.2) is 0 Å². The standard InChI is InChI=1S/C17H14F5NO4S/c1-9-7-13(15(24)23-28(2,25)26)14(18)8-12(9)10-3-5-11(6-4-10)27-17(21,22)16(19)20/h3-8,16H,1-2H3,(H,23,24). The van der Waals surface area contributed by atoms with Crippen LogP contribution in [0.4, 0.5) is 22.0 Å². The van der Waals surface area contributed by atoms with E-state index in [2.05, 4.69) is 4.74 Å². The molecule has 0 unspecified atom stereocenters. The minimum Gasteiger partial charge on any atom is -0.428 e. The van der Waals surface area contributed by atoms with Gasteiger partial charge in [-0.05, 0) is 47.9 Å². The topological polar surface area (TPSA) is 72.5 Å². The van der Waals surface area contributed by atoms with Crippen LogP contribution in [0.2, 0.25) is 0 Å². The Hall–Kier alpha value is -2.69. The Labute approximate surface area is 157 Å². The van der Waals surface area contributed by atoms with Crippen LogP contribution in [-0.4, -0.2) is 33.1 Å². The molecule has 2 aromatic carbocycles. The number of sulfonamides is 1. The van der Waals surface area contributed by atoms with Crippen molar-refractivity contribution < 1.29 is 39.9 Å². The summed E-state index contributed by atoms with van der Waals surface area (Å²) in [6.45, 7) is 1.52. The maximum Gasteiger partial charge on any atom is 0.461 e. The fourth-order valence-corrected chi connectivity index (χ4v) is 2.74.